The van der Waals surface area contributed by atoms with Crippen molar-refractivity contribution in [2.75, 3.05) is 11.9 Å². The molecule has 3 fully saturated rings. The Morgan fingerprint density at radius 2 is 1.71 bits per heavy atom. The molecule has 35 heavy (non-hydrogen) atoms. The topological polar surface area (TPSA) is 98.8 Å². The summed E-state index contributed by atoms with van der Waals surface area (Å²) in [4.78, 5) is 12.5. The zero-order valence-corrected chi connectivity index (χ0v) is 20.3. The fraction of sp³-hybridized carbons (Fsp3) is 0.409. The first-order valence-electron chi connectivity index (χ1n) is 10.7. The minimum atomic E-state index is -3.99. The second kappa shape index (κ2) is 8.84. The standard InChI is InChI=1S/C22H19ClF3NO6S2/c23-15-4-3-11(21(28)27-14-6-16(24)19(26)17(25)7-14)5-18(15)35(30,31)20-12-1-2-13(20)9-22(8-12)10-32-34(29)33-22/h3-7,12-13,20H,1-2,8-10H2,(H,27,28)/t12?,13?,20-,22-,34?. The highest BCUT2D eigenvalue weighted by molar-refractivity contribution is 7.92. The van der Waals surface area contributed by atoms with E-state index in [1.165, 1.54) is 12.1 Å². The highest BCUT2D eigenvalue weighted by Gasteiger charge is 2.58. The monoisotopic (exact) mass is 549 g/mol. The van der Waals surface area contributed by atoms with E-state index in [1.54, 1.807) is 0 Å². The van der Waals surface area contributed by atoms with Crippen LogP contribution >= 0.6 is 11.6 Å². The number of hydrogen-bond donors (Lipinski definition) is 1. The Morgan fingerprint density at radius 1 is 1.09 bits per heavy atom. The van der Waals surface area contributed by atoms with E-state index in [-0.39, 0.29) is 39.6 Å². The van der Waals surface area contributed by atoms with Crippen molar-refractivity contribution in [1.29, 1.82) is 0 Å². The van der Waals surface area contributed by atoms with Crippen LogP contribution in [-0.4, -0.2) is 36.0 Å². The molecular formula is C22H19ClF3NO6S2. The number of halogens is 4. The number of hydrogen-bond acceptors (Lipinski definition) is 6. The number of carbonyl (C=O) groups excluding carboxylic acids is 1. The van der Waals surface area contributed by atoms with E-state index in [4.69, 9.17) is 20.0 Å². The smallest absolute Gasteiger partial charge is 0.305 e. The molecule has 5 rings (SSSR count). The van der Waals surface area contributed by atoms with Crippen LogP contribution in [0.3, 0.4) is 0 Å². The lowest BCUT2D eigenvalue weighted by Gasteiger charge is -2.39. The highest BCUT2D eigenvalue weighted by atomic mass is 35.5. The molecule has 1 aliphatic heterocycles. The molecule has 0 radical (unpaired) electrons. The van der Waals surface area contributed by atoms with Gasteiger partial charge in [0.25, 0.3) is 5.91 Å². The lowest BCUT2D eigenvalue weighted by Crippen LogP contribution is -2.47. The van der Waals surface area contributed by atoms with Crippen molar-refractivity contribution in [3.05, 3.63) is 58.4 Å². The van der Waals surface area contributed by atoms with E-state index in [0.29, 0.717) is 37.8 Å². The number of nitrogens with one attached hydrogen (secondary N) is 1. The third-order valence-corrected chi connectivity index (χ3v) is 10.5. The maximum atomic E-state index is 13.7. The first-order chi connectivity index (χ1) is 16.5. The van der Waals surface area contributed by atoms with Crippen LogP contribution in [0.1, 0.15) is 36.0 Å². The molecule has 2 aromatic rings. The molecule has 3 atom stereocenters. The van der Waals surface area contributed by atoms with Gasteiger partial charge >= 0.3 is 11.4 Å². The summed E-state index contributed by atoms with van der Waals surface area (Å²) in [5.41, 5.74) is -1.22. The zero-order valence-electron chi connectivity index (χ0n) is 17.9. The van der Waals surface area contributed by atoms with Crippen molar-refractivity contribution in [2.24, 2.45) is 11.8 Å². The molecule has 188 valence electrons. The van der Waals surface area contributed by atoms with Gasteiger partial charge in [-0.3, -0.25) is 13.2 Å². The van der Waals surface area contributed by atoms with E-state index in [0.717, 1.165) is 6.07 Å². The van der Waals surface area contributed by atoms with Crippen molar-refractivity contribution in [2.45, 2.75) is 41.4 Å². The minimum absolute atomic E-state index is 0.0679. The first-order valence-corrected chi connectivity index (χ1v) is 13.7. The Hall–Kier alpha value is -1.99. The fourth-order valence-electron chi connectivity index (χ4n) is 5.50. The molecule has 3 aliphatic rings. The maximum Gasteiger partial charge on any atom is 0.305 e. The van der Waals surface area contributed by atoms with Crippen LogP contribution in [0.15, 0.2) is 35.2 Å². The predicted molar refractivity (Wildman–Crippen MR) is 120 cm³/mol. The van der Waals surface area contributed by atoms with Crippen LogP contribution < -0.4 is 5.32 Å². The van der Waals surface area contributed by atoms with E-state index < -0.39 is 55.4 Å². The highest BCUT2D eigenvalue weighted by Crippen LogP contribution is 2.54. The number of rotatable bonds is 4. The molecule has 1 saturated heterocycles. The molecule has 0 aromatic heterocycles. The normalized spacial score (nSPS) is 30.1. The molecule has 2 bridgehead atoms. The van der Waals surface area contributed by atoms with Crippen molar-refractivity contribution < 1.29 is 39.0 Å². The Morgan fingerprint density at radius 3 is 2.29 bits per heavy atom. The van der Waals surface area contributed by atoms with E-state index >= 15 is 0 Å². The number of anilines is 1. The van der Waals surface area contributed by atoms with Crippen LogP contribution in [0.4, 0.5) is 18.9 Å². The summed E-state index contributed by atoms with van der Waals surface area (Å²) in [7, 11) is -3.99. The molecule has 7 nitrogen and oxygen atoms in total. The van der Waals surface area contributed by atoms with Gasteiger partial charge in [-0.15, -0.1) is 0 Å². The molecule has 1 N–H and O–H groups in total. The summed E-state index contributed by atoms with van der Waals surface area (Å²) in [5, 5.41) is 1.40. The molecule has 13 heteroatoms. The second-order valence-electron chi connectivity index (χ2n) is 9.10. The van der Waals surface area contributed by atoms with E-state index in [1.807, 2.05) is 0 Å². The zero-order chi connectivity index (χ0) is 25.1. The number of fused-ring (bicyclic) bond motifs is 2. The molecule has 1 spiro atoms. The summed E-state index contributed by atoms with van der Waals surface area (Å²) in [6.45, 7) is 0.139. The Balaban J connectivity index is 1.41. The van der Waals surface area contributed by atoms with Crippen LogP contribution in [0.2, 0.25) is 5.02 Å². The summed E-state index contributed by atoms with van der Waals surface area (Å²) in [5.74, 6) is -6.02. The number of benzene rings is 2. The Kier molecular flexibility index (Phi) is 6.24. The Bertz CT molecular complexity index is 1320. The predicted octanol–water partition coefficient (Wildman–Crippen LogP) is 4.34. The van der Waals surface area contributed by atoms with Gasteiger partial charge in [-0.1, -0.05) is 11.6 Å². The summed E-state index contributed by atoms with van der Waals surface area (Å²) in [6, 6.07) is 4.88. The van der Waals surface area contributed by atoms with Crippen molar-refractivity contribution in [3.8, 4) is 0 Å². The van der Waals surface area contributed by atoms with Crippen molar-refractivity contribution >= 4 is 44.4 Å². The van der Waals surface area contributed by atoms with Gasteiger partial charge in [-0.25, -0.2) is 21.6 Å². The van der Waals surface area contributed by atoms with Crippen LogP contribution in [0, 0.1) is 29.3 Å². The van der Waals surface area contributed by atoms with Gasteiger partial charge in [-0.05, 0) is 55.7 Å². The van der Waals surface area contributed by atoms with Gasteiger partial charge in [0.15, 0.2) is 27.3 Å². The quantitative estimate of drug-likeness (QED) is 0.570. The number of carbonyl (C=O) groups is 1. The van der Waals surface area contributed by atoms with Gasteiger partial charge in [-0.2, -0.15) is 4.21 Å². The van der Waals surface area contributed by atoms with Crippen LogP contribution in [0.5, 0.6) is 0 Å². The van der Waals surface area contributed by atoms with Crippen molar-refractivity contribution in [1.82, 2.24) is 0 Å². The molecule has 3 unspecified atom stereocenters. The van der Waals surface area contributed by atoms with Gasteiger partial charge in [0.2, 0.25) is 0 Å². The minimum Gasteiger partial charge on any atom is -0.322 e. The van der Waals surface area contributed by atoms with Crippen LogP contribution in [0.25, 0.3) is 0 Å². The average Bonchev–Trinajstić information content (AvgIpc) is 3.29. The van der Waals surface area contributed by atoms with E-state index in [2.05, 4.69) is 5.32 Å². The van der Waals surface area contributed by atoms with Crippen LogP contribution in [-0.2, 0) is 29.6 Å². The Labute approximate surface area is 206 Å². The molecular weight excluding hydrogens is 531 g/mol. The van der Waals surface area contributed by atoms with Gasteiger partial charge in [0.1, 0.15) is 5.60 Å². The second-order valence-corrected chi connectivity index (χ2v) is 12.4. The largest absolute Gasteiger partial charge is 0.322 e. The lowest BCUT2D eigenvalue weighted by atomic mass is 9.77. The maximum absolute atomic E-state index is 13.7. The van der Waals surface area contributed by atoms with Crippen molar-refractivity contribution in [3.63, 3.8) is 0 Å². The lowest BCUT2D eigenvalue weighted by molar-refractivity contribution is 0.0272. The summed E-state index contributed by atoms with van der Waals surface area (Å²) >= 11 is 4.40. The molecule has 1 amide bonds. The van der Waals surface area contributed by atoms with Gasteiger partial charge in [0.05, 0.1) is 21.8 Å². The number of amides is 1. The molecule has 2 aromatic carbocycles. The summed E-state index contributed by atoms with van der Waals surface area (Å²) < 4.78 is 89.8. The fourth-order valence-corrected chi connectivity index (χ4v) is 9.17. The van der Waals surface area contributed by atoms with E-state index in [9.17, 15) is 30.6 Å². The third-order valence-electron chi connectivity index (χ3n) is 6.87. The molecule has 2 saturated carbocycles. The van der Waals surface area contributed by atoms with Gasteiger partial charge in [0, 0.05) is 23.4 Å². The third kappa shape index (κ3) is 4.39. The number of sulfone groups is 1. The first kappa shape index (κ1) is 24.7. The van der Waals surface area contributed by atoms with Gasteiger partial charge < -0.3 is 5.32 Å². The molecule has 1 heterocycles. The summed E-state index contributed by atoms with van der Waals surface area (Å²) in [6.07, 6.45) is 2.04. The molecule has 2 aliphatic carbocycles. The average molecular weight is 550 g/mol. The SMILES string of the molecule is O=C(Nc1cc(F)c(F)c(F)c1)c1ccc(Cl)c(S(=O)(=O)[C@H]2C3CCC2C[C@]2(COS(=O)O2)C3)c1.